The molecule has 0 radical (unpaired) electrons. The van der Waals surface area contributed by atoms with Gasteiger partial charge in [0.05, 0.1) is 7.11 Å². The summed E-state index contributed by atoms with van der Waals surface area (Å²) in [6.45, 7) is 0.556. The van der Waals surface area contributed by atoms with Crippen LogP contribution in [0.1, 0.15) is 6.42 Å². The fraction of sp³-hybridized carbons (Fsp3) is 0.857. The van der Waals surface area contributed by atoms with Crippen LogP contribution in [0.3, 0.4) is 0 Å². The molecule has 0 spiro atoms. The van der Waals surface area contributed by atoms with Gasteiger partial charge in [0, 0.05) is 13.7 Å². The van der Waals surface area contributed by atoms with Crippen LogP contribution >= 0.6 is 0 Å². The maximum Gasteiger partial charge on any atom is 0.322 e. The SMILES string of the molecule is CNC(CCOC)C(=O)OC. The highest BCUT2D eigenvalue weighted by Gasteiger charge is 2.15. The molecule has 0 amide bonds. The topological polar surface area (TPSA) is 47.6 Å². The second-order valence-corrected chi connectivity index (χ2v) is 2.15. The summed E-state index contributed by atoms with van der Waals surface area (Å²) in [6, 6.07) is -0.250. The van der Waals surface area contributed by atoms with Crippen LogP contribution in [0.4, 0.5) is 0 Å². The normalized spacial score (nSPS) is 12.6. The molecule has 0 fully saturated rings. The van der Waals surface area contributed by atoms with Gasteiger partial charge in [0.1, 0.15) is 6.04 Å². The molecule has 1 atom stereocenters. The lowest BCUT2D eigenvalue weighted by atomic mass is 10.2. The number of esters is 1. The number of methoxy groups -OCH3 is 2. The van der Waals surface area contributed by atoms with Gasteiger partial charge in [-0.2, -0.15) is 0 Å². The Morgan fingerprint density at radius 1 is 1.55 bits per heavy atom. The zero-order valence-electron chi connectivity index (χ0n) is 7.22. The lowest BCUT2D eigenvalue weighted by molar-refractivity contribution is -0.143. The number of hydrogen-bond donors (Lipinski definition) is 1. The molecule has 0 aliphatic rings. The molecular weight excluding hydrogens is 146 g/mol. The van der Waals surface area contributed by atoms with Crippen molar-refractivity contribution in [3.05, 3.63) is 0 Å². The molecule has 0 aromatic carbocycles. The van der Waals surface area contributed by atoms with E-state index in [1.807, 2.05) is 0 Å². The summed E-state index contributed by atoms with van der Waals surface area (Å²) in [7, 11) is 4.70. The lowest BCUT2D eigenvalue weighted by Crippen LogP contribution is -2.35. The van der Waals surface area contributed by atoms with Crippen LogP contribution in [0.2, 0.25) is 0 Å². The standard InChI is InChI=1S/C7H15NO3/c1-8-6(4-5-10-2)7(9)11-3/h6,8H,4-5H2,1-3H3. The van der Waals surface area contributed by atoms with E-state index in [0.29, 0.717) is 13.0 Å². The maximum atomic E-state index is 10.9. The summed E-state index contributed by atoms with van der Waals surface area (Å²) in [4.78, 5) is 10.9. The van der Waals surface area contributed by atoms with Crippen molar-refractivity contribution in [2.75, 3.05) is 27.9 Å². The lowest BCUT2D eigenvalue weighted by Gasteiger charge is -2.11. The van der Waals surface area contributed by atoms with E-state index in [4.69, 9.17) is 4.74 Å². The van der Waals surface area contributed by atoms with Gasteiger partial charge in [0.2, 0.25) is 0 Å². The van der Waals surface area contributed by atoms with Crippen LogP contribution < -0.4 is 5.32 Å². The third-order valence-electron chi connectivity index (χ3n) is 1.44. The zero-order chi connectivity index (χ0) is 8.69. The van der Waals surface area contributed by atoms with E-state index in [-0.39, 0.29) is 12.0 Å². The molecule has 0 aromatic heterocycles. The Morgan fingerprint density at radius 2 is 2.18 bits per heavy atom. The molecule has 0 saturated carbocycles. The summed E-state index contributed by atoms with van der Waals surface area (Å²) in [5.41, 5.74) is 0. The van der Waals surface area contributed by atoms with E-state index in [1.54, 1.807) is 14.2 Å². The van der Waals surface area contributed by atoms with Crippen molar-refractivity contribution in [1.29, 1.82) is 0 Å². The molecule has 66 valence electrons. The minimum Gasteiger partial charge on any atom is -0.468 e. The number of carbonyl (C=O) groups is 1. The van der Waals surface area contributed by atoms with E-state index in [1.165, 1.54) is 7.11 Å². The number of hydrogen-bond acceptors (Lipinski definition) is 4. The highest BCUT2D eigenvalue weighted by atomic mass is 16.5. The average Bonchev–Trinajstić information content (AvgIpc) is 2.05. The van der Waals surface area contributed by atoms with Crippen LogP contribution in [0.5, 0.6) is 0 Å². The number of carbonyl (C=O) groups excluding carboxylic acids is 1. The molecule has 0 aliphatic heterocycles. The van der Waals surface area contributed by atoms with Crippen molar-refractivity contribution in [3.8, 4) is 0 Å². The summed E-state index contributed by atoms with van der Waals surface area (Å²) in [5.74, 6) is -0.246. The maximum absolute atomic E-state index is 10.9. The minimum absolute atomic E-state index is 0.246. The van der Waals surface area contributed by atoms with Crippen molar-refractivity contribution in [3.63, 3.8) is 0 Å². The van der Waals surface area contributed by atoms with Crippen molar-refractivity contribution < 1.29 is 14.3 Å². The van der Waals surface area contributed by atoms with Gasteiger partial charge >= 0.3 is 5.97 Å². The smallest absolute Gasteiger partial charge is 0.322 e. The molecule has 1 unspecified atom stereocenters. The Labute approximate surface area is 66.9 Å². The fourth-order valence-electron chi connectivity index (χ4n) is 0.758. The molecular formula is C7H15NO3. The highest BCUT2D eigenvalue weighted by molar-refractivity contribution is 5.75. The zero-order valence-corrected chi connectivity index (χ0v) is 7.22. The number of ether oxygens (including phenoxy) is 2. The third kappa shape index (κ3) is 3.95. The Kier molecular flexibility index (Phi) is 5.78. The molecule has 4 heteroatoms. The number of likely N-dealkylation sites (N-methyl/N-ethyl adjacent to an activating group) is 1. The Bertz CT molecular complexity index is 116. The number of rotatable bonds is 5. The van der Waals surface area contributed by atoms with Crippen LogP contribution in [-0.4, -0.2) is 39.9 Å². The Morgan fingerprint density at radius 3 is 2.55 bits per heavy atom. The van der Waals surface area contributed by atoms with Gasteiger partial charge in [-0.15, -0.1) is 0 Å². The molecule has 0 aliphatic carbocycles. The molecule has 4 nitrogen and oxygen atoms in total. The van der Waals surface area contributed by atoms with E-state index < -0.39 is 0 Å². The summed E-state index contributed by atoms with van der Waals surface area (Å²) < 4.78 is 9.36. The van der Waals surface area contributed by atoms with E-state index in [0.717, 1.165) is 0 Å². The van der Waals surface area contributed by atoms with Gasteiger partial charge in [-0.3, -0.25) is 4.79 Å². The molecule has 1 N–H and O–H groups in total. The third-order valence-corrected chi connectivity index (χ3v) is 1.44. The first-order valence-corrected chi connectivity index (χ1v) is 3.50. The van der Waals surface area contributed by atoms with Crippen LogP contribution in [0, 0.1) is 0 Å². The molecule has 0 heterocycles. The predicted octanol–water partition coefficient (Wildman–Crippen LogP) is -0.216. The molecule has 0 aromatic rings. The Hall–Kier alpha value is -0.610. The second kappa shape index (κ2) is 6.12. The largest absolute Gasteiger partial charge is 0.468 e. The van der Waals surface area contributed by atoms with Crippen molar-refractivity contribution in [2.24, 2.45) is 0 Å². The van der Waals surface area contributed by atoms with Crippen LogP contribution in [0.15, 0.2) is 0 Å². The van der Waals surface area contributed by atoms with Crippen LogP contribution in [-0.2, 0) is 14.3 Å². The van der Waals surface area contributed by atoms with Crippen LogP contribution in [0.25, 0.3) is 0 Å². The van der Waals surface area contributed by atoms with E-state index in [2.05, 4.69) is 10.1 Å². The molecule has 0 bridgehead atoms. The summed E-state index contributed by atoms with van der Waals surface area (Å²) in [6.07, 6.45) is 0.639. The van der Waals surface area contributed by atoms with Gasteiger partial charge in [0.15, 0.2) is 0 Å². The first kappa shape index (κ1) is 10.4. The molecule has 11 heavy (non-hydrogen) atoms. The van der Waals surface area contributed by atoms with Crippen molar-refractivity contribution in [2.45, 2.75) is 12.5 Å². The van der Waals surface area contributed by atoms with Gasteiger partial charge in [0.25, 0.3) is 0 Å². The fourth-order valence-corrected chi connectivity index (χ4v) is 0.758. The number of nitrogens with one attached hydrogen (secondary N) is 1. The second-order valence-electron chi connectivity index (χ2n) is 2.15. The van der Waals surface area contributed by atoms with Gasteiger partial charge in [-0.05, 0) is 13.5 Å². The monoisotopic (exact) mass is 161 g/mol. The van der Waals surface area contributed by atoms with Crippen molar-refractivity contribution >= 4 is 5.97 Å². The molecule has 0 saturated heterocycles. The van der Waals surface area contributed by atoms with Gasteiger partial charge in [-0.1, -0.05) is 0 Å². The van der Waals surface area contributed by atoms with Crippen molar-refractivity contribution in [1.82, 2.24) is 5.32 Å². The minimum atomic E-state index is -0.250. The first-order chi connectivity index (χ1) is 5.26. The summed E-state index contributed by atoms with van der Waals surface area (Å²) in [5, 5.41) is 2.83. The van der Waals surface area contributed by atoms with Gasteiger partial charge in [-0.25, -0.2) is 0 Å². The average molecular weight is 161 g/mol. The quantitative estimate of drug-likeness (QED) is 0.566. The Balaban J connectivity index is 3.65. The molecule has 0 rings (SSSR count). The van der Waals surface area contributed by atoms with E-state index in [9.17, 15) is 4.79 Å². The highest BCUT2D eigenvalue weighted by Crippen LogP contribution is 1.93. The van der Waals surface area contributed by atoms with E-state index >= 15 is 0 Å². The summed E-state index contributed by atoms with van der Waals surface area (Å²) >= 11 is 0. The van der Waals surface area contributed by atoms with Gasteiger partial charge < -0.3 is 14.8 Å². The predicted molar refractivity (Wildman–Crippen MR) is 41.4 cm³/mol. The first-order valence-electron chi connectivity index (χ1n) is 3.50.